The first-order chi connectivity index (χ1) is 9.11. The zero-order valence-corrected chi connectivity index (χ0v) is 11.9. The summed E-state index contributed by atoms with van der Waals surface area (Å²) in [6.07, 6.45) is -3.24. The first-order valence-corrected chi connectivity index (χ1v) is 7.87. The van der Waals surface area contributed by atoms with Gasteiger partial charge in [0.15, 0.2) is 0 Å². The number of hydrogen-bond donors (Lipinski definition) is 1. The fourth-order valence-corrected chi connectivity index (χ4v) is 2.38. The molecule has 1 aromatic rings. The molecule has 114 valence electrons. The topological polar surface area (TPSA) is 55.4 Å². The van der Waals surface area contributed by atoms with Gasteiger partial charge in [-0.1, -0.05) is 12.1 Å². The van der Waals surface area contributed by atoms with Gasteiger partial charge in [-0.25, -0.2) is 8.42 Å². The summed E-state index contributed by atoms with van der Waals surface area (Å²) in [7, 11) is -1.42. The minimum absolute atomic E-state index is 0.000685. The Balaban J connectivity index is 2.74. The Morgan fingerprint density at radius 2 is 1.80 bits per heavy atom. The quantitative estimate of drug-likeness (QED) is 0.876. The fourth-order valence-electron chi connectivity index (χ4n) is 1.71. The van der Waals surface area contributed by atoms with Crippen molar-refractivity contribution >= 4 is 9.84 Å². The molecule has 0 aliphatic carbocycles. The molecule has 0 bridgehead atoms. The Morgan fingerprint density at radius 1 is 1.25 bits per heavy atom. The van der Waals surface area contributed by atoms with Crippen LogP contribution < -0.4 is 10.1 Å². The van der Waals surface area contributed by atoms with E-state index in [-0.39, 0.29) is 17.5 Å². The first kappa shape index (κ1) is 16.8. The normalized spacial score (nSPS) is 14.1. The predicted octanol–water partition coefficient (Wildman–Crippen LogP) is 2.28. The second-order valence-corrected chi connectivity index (χ2v) is 6.64. The summed E-state index contributed by atoms with van der Waals surface area (Å²) in [5.74, 6) is -0.307. The van der Waals surface area contributed by atoms with Crippen LogP contribution in [0, 0.1) is 0 Å². The van der Waals surface area contributed by atoms with Crippen molar-refractivity contribution in [1.82, 2.24) is 5.32 Å². The average molecular weight is 311 g/mol. The van der Waals surface area contributed by atoms with Crippen LogP contribution in [0.25, 0.3) is 0 Å². The number of halogens is 3. The first-order valence-electron chi connectivity index (χ1n) is 5.81. The lowest BCUT2D eigenvalue weighted by molar-refractivity contribution is -0.274. The van der Waals surface area contributed by atoms with Crippen molar-refractivity contribution in [2.45, 2.75) is 18.8 Å². The zero-order valence-electron chi connectivity index (χ0n) is 11.1. The fraction of sp³-hybridized carbons (Fsp3) is 0.500. The molecular formula is C12H16F3NO3S. The molecule has 1 atom stereocenters. The van der Waals surface area contributed by atoms with Crippen LogP contribution >= 0.6 is 0 Å². The molecule has 0 aliphatic heterocycles. The van der Waals surface area contributed by atoms with Crippen molar-refractivity contribution in [2.24, 2.45) is 0 Å². The van der Waals surface area contributed by atoms with Crippen LogP contribution in [0.4, 0.5) is 13.2 Å². The molecule has 0 amide bonds. The summed E-state index contributed by atoms with van der Waals surface area (Å²) in [6.45, 7) is 0. The van der Waals surface area contributed by atoms with Gasteiger partial charge in [-0.15, -0.1) is 13.2 Å². The van der Waals surface area contributed by atoms with E-state index in [0.29, 0.717) is 12.0 Å². The molecule has 1 aromatic carbocycles. The molecule has 0 spiro atoms. The standard InChI is InChI=1S/C12H16F3NO3S/c1-16-11(7-8-20(2,17)18)9-3-5-10(6-4-9)19-12(13,14)15/h3-6,11,16H,7-8H2,1-2H3. The maximum absolute atomic E-state index is 12.0. The van der Waals surface area contributed by atoms with E-state index in [0.717, 1.165) is 6.26 Å². The van der Waals surface area contributed by atoms with Crippen LogP contribution in [0.1, 0.15) is 18.0 Å². The Bertz CT molecular complexity index is 526. The molecule has 0 aliphatic rings. The van der Waals surface area contributed by atoms with E-state index in [1.54, 1.807) is 7.05 Å². The molecule has 1 rings (SSSR count). The molecule has 0 heterocycles. The van der Waals surface area contributed by atoms with Gasteiger partial charge in [-0.05, 0) is 31.2 Å². The monoisotopic (exact) mass is 311 g/mol. The minimum Gasteiger partial charge on any atom is -0.406 e. The maximum atomic E-state index is 12.0. The smallest absolute Gasteiger partial charge is 0.406 e. The lowest BCUT2D eigenvalue weighted by Crippen LogP contribution is -2.20. The third kappa shape index (κ3) is 6.25. The van der Waals surface area contributed by atoms with Crippen LogP contribution in [-0.2, 0) is 9.84 Å². The average Bonchev–Trinajstić information content (AvgIpc) is 2.28. The SMILES string of the molecule is CNC(CCS(C)(=O)=O)c1ccc(OC(F)(F)F)cc1. The third-order valence-corrected chi connectivity index (χ3v) is 3.62. The highest BCUT2D eigenvalue weighted by molar-refractivity contribution is 7.90. The lowest BCUT2D eigenvalue weighted by atomic mass is 10.0. The van der Waals surface area contributed by atoms with Crippen LogP contribution in [-0.4, -0.2) is 33.8 Å². The predicted molar refractivity (Wildman–Crippen MR) is 69.3 cm³/mol. The van der Waals surface area contributed by atoms with Gasteiger partial charge in [0.25, 0.3) is 0 Å². The second-order valence-electron chi connectivity index (χ2n) is 4.38. The highest BCUT2D eigenvalue weighted by Gasteiger charge is 2.31. The van der Waals surface area contributed by atoms with Gasteiger partial charge in [0.2, 0.25) is 0 Å². The van der Waals surface area contributed by atoms with Crippen molar-refractivity contribution in [1.29, 1.82) is 0 Å². The Morgan fingerprint density at radius 3 is 2.20 bits per heavy atom. The van der Waals surface area contributed by atoms with E-state index in [2.05, 4.69) is 10.1 Å². The highest BCUT2D eigenvalue weighted by atomic mass is 32.2. The second kappa shape index (κ2) is 6.45. The van der Waals surface area contributed by atoms with Gasteiger partial charge in [0, 0.05) is 12.3 Å². The van der Waals surface area contributed by atoms with Gasteiger partial charge < -0.3 is 10.1 Å². The van der Waals surface area contributed by atoms with Crippen molar-refractivity contribution < 1.29 is 26.3 Å². The summed E-state index contributed by atoms with van der Waals surface area (Å²) >= 11 is 0. The van der Waals surface area contributed by atoms with E-state index in [9.17, 15) is 21.6 Å². The summed E-state index contributed by atoms with van der Waals surface area (Å²) in [4.78, 5) is 0. The van der Waals surface area contributed by atoms with Gasteiger partial charge >= 0.3 is 6.36 Å². The molecule has 0 fully saturated rings. The molecule has 1 N–H and O–H groups in total. The molecule has 0 aromatic heterocycles. The largest absolute Gasteiger partial charge is 0.573 e. The summed E-state index contributed by atoms with van der Waals surface area (Å²) in [5, 5.41) is 2.93. The lowest BCUT2D eigenvalue weighted by Gasteiger charge is -2.17. The highest BCUT2D eigenvalue weighted by Crippen LogP contribution is 2.25. The van der Waals surface area contributed by atoms with Crippen LogP contribution in [0.2, 0.25) is 0 Å². The number of sulfone groups is 1. The summed E-state index contributed by atoms with van der Waals surface area (Å²) in [5.41, 5.74) is 0.700. The van der Waals surface area contributed by atoms with Crippen molar-refractivity contribution in [3.8, 4) is 5.75 Å². The van der Waals surface area contributed by atoms with E-state index >= 15 is 0 Å². The van der Waals surface area contributed by atoms with E-state index < -0.39 is 16.2 Å². The van der Waals surface area contributed by atoms with Crippen LogP contribution in [0.5, 0.6) is 5.75 Å². The molecule has 8 heteroatoms. The maximum Gasteiger partial charge on any atom is 0.573 e. The molecule has 0 saturated carbocycles. The number of nitrogens with one attached hydrogen (secondary N) is 1. The Labute approximate surface area is 115 Å². The molecule has 20 heavy (non-hydrogen) atoms. The van der Waals surface area contributed by atoms with Gasteiger partial charge in [0.1, 0.15) is 15.6 Å². The Hall–Kier alpha value is -1.28. The van der Waals surface area contributed by atoms with E-state index in [1.165, 1.54) is 24.3 Å². The van der Waals surface area contributed by atoms with Gasteiger partial charge in [0.05, 0.1) is 5.75 Å². The third-order valence-electron chi connectivity index (χ3n) is 2.64. The van der Waals surface area contributed by atoms with Gasteiger partial charge in [-0.2, -0.15) is 0 Å². The van der Waals surface area contributed by atoms with E-state index in [4.69, 9.17) is 0 Å². The zero-order chi connectivity index (χ0) is 15.4. The van der Waals surface area contributed by atoms with Crippen molar-refractivity contribution in [2.75, 3.05) is 19.1 Å². The molecular weight excluding hydrogens is 295 g/mol. The molecule has 1 unspecified atom stereocenters. The minimum atomic E-state index is -4.72. The molecule has 4 nitrogen and oxygen atoms in total. The van der Waals surface area contributed by atoms with Crippen molar-refractivity contribution in [3.63, 3.8) is 0 Å². The number of rotatable bonds is 6. The molecule has 0 saturated heterocycles. The number of benzene rings is 1. The summed E-state index contributed by atoms with van der Waals surface area (Å²) in [6, 6.07) is 5.11. The van der Waals surface area contributed by atoms with Crippen molar-refractivity contribution in [3.05, 3.63) is 29.8 Å². The van der Waals surface area contributed by atoms with Crippen LogP contribution in [0.15, 0.2) is 24.3 Å². The number of ether oxygens (including phenoxy) is 1. The van der Waals surface area contributed by atoms with Gasteiger partial charge in [-0.3, -0.25) is 0 Å². The number of alkyl halides is 3. The number of hydrogen-bond acceptors (Lipinski definition) is 4. The Kier molecular flexibility index (Phi) is 5.41. The molecule has 0 radical (unpaired) electrons. The van der Waals surface area contributed by atoms with Crippen LogP contribution in [0.3, 0.4) is 0 Å². The summed E-state index contributed by atoms with van der Waals surface area (Å²) < 4.78 is 62.1. The van der Waals surface area contributed by atoms with E-state index in [1.807, 2.05) is 0 Å².